The third-order valence-electron chi connectivity index (χ3n) is 4.84. The predicted octanol–water partition coefficient (Wildman–Crippen LogP) is 5.09. The summed E-state index contributed by atoms with van der Waals surface area (Å²) in [5.41, 5.74) is 3.16. The average molecular weight is 445 g/mol. The van der Waals surface area contributed by atoms with Gasteiger partial charge >= 0.3 is 0 Å². The van der Waals surface area contributed by atoms with Crippen LogP contribution in [0.25, 0.3) is 6.08 Å². The number of benzene rings is 2. The molecule has 3 rings (SSSR count). The van der Waals surface area contributed by atoms with Crippen molar-refractivity contribution in [2.75, 3.05) is 13.7 Å². The number of hydrogen-bond acceptors (Lipinski definition) is 4. The normalized spacial score (nSPS) is 14.9. The highest BCUT2D eigenvalue weighted by Gasteiger charge is 2.29. The van der Waals surface area contributed by atoms with Crippen molar-refractivity contribution < 1.29 is 14.3 Å². The highest BCUT2D eigenvalue weighted by Crippen LogP contribution is 2.26. The standard InChI is InChI=1S/C23H25ClN2O3S/c1-4-5-10-26-22(27)20(25-23(26)30)13-16-6-9-21(28-3)17(12-16)14-29-18-7-8-19(24)15(2)11-18/h6-9,11-13H,4-5,10,14H2,1-3H3,(H,25,30)/b20-13+. The van der Waals surface area contributed by atoms with Crippen LogP contribution < -0.4 is 14.8 Å². The number of halogens is 1. The zero-order valence-corrected chi connectivity index (χ0v) is 18.9. The molecule has 0 bridgehead atoms. The third-order valence-corrected chi connectivity index (χ3v) is 5.58. The number of hydrogen-bond donors (Lipinski definition) is 1. The summed E-state index contributed by atoms with van der Waals surface area (Å²) in [5, 5.41) is 4.18. The molecule has 5 nitrogen and oxygen atoms in total. The summed E-state index contributed by atoms with van der Waals surface area (Å²) in [5.74, 6) is 1.35. The van der Waals surface area contributed by atoms with Gasteiger partial charge in [0.15, 0.2) is 5.11 Å². The number of methoxy groups -OCH3 is 1. The Balaban J connectivity index is 1.78. The summed E-state index contributed by atoms with van der Waals surface area (Å²) in [6.07, 6.45) is 3.71. The molecule has 0 unspecified atom stereocenters. The molecule has 0 aliphatic carbocycles. The predicted molar refractivity (Wildman–Crippen MR) is 124 cm³/mol. The highest BCUT2D eigenvalue weighted by molar-refractivity contribution is 7.80. The van der Waals surface area contributed by atoms with Crippen LogP contribution in [0.5, 0.6) is 11.5 Å². The number of amides is 1. The molecule has 1 fully saturated rings. The largest absolute Gasteiger partial charge is 0.496 e. The number of carbonyl (C=O) groups excluding carboxylic acids is 1. The van der Waals surface area contributed by atoms with E-state index in [1.165, 1.54) is 0 Å². The molecule has 0 radical (unpaired) electrons. The number of carbonyl (C=O) groups is 1. The van der Waals surface area contributed by atoms with Gasteiger partial charge in [-0.05, 0) is 73.1 Å². The average Bonchev–Trinajstić information content (AvgIpc) is 3.00. The van der Waals surface area contributed by atoms with Gasteiger partial charge in [0.25, 0.3) is 5.91 Å². The van der Waals surface area contributed by atoms with E-state index in [0.717, 1.165) is 35.3 Å². The maximum absolute atomic E-state index is 12.7. The van der Waals surface area contributed by atoms with E-state index in [-0.39, 0.29) is 5.91 Å². The molecule has 30 heavy (non-hydrogen) atoms. The van der Waals surface area contributed by atoms with Gasteiger partial charge in [-0.2, -0.15) is 0 Å². The minimum absolute atomic E-state index is 0.0984. The lowest BCUT2D eigenvalue weighted by Gasteiger charge is -2.13. The van der Waals surface area contributed by atoms with Crippen LogP contribution in [-0.4, -0.2) is 29.6 Å². The van der Waals surface area contributed by atoms with Crippen molar-refractivity contribution in [3.63, 3.8) is 0 Å². The van der Waals surface area contributed by atoms with Gasteiger partial charge in [-0.3, -0.25) is 9.69 Å². The number of aryl methyl sites for hydroxylation is 1. The topological polar surface area (TPSA) is 50.8 Å². The Kier molecular flexibility index (Phi) is 7.34. The first-order chi connectivity index (χ1) is 14.4. The summed E-state index contributed by atoms with van der Waals surface area (Å²) in [7, 11) is 1.62. The molecule has 1 aliphatic rings. The van der Waals surface area contributed by atoms with Crippen LogP contribution in [0, 0.1) is 6.92 Å². The van der Waals surface area contributed by atoms with Crippen LogP contribution in [0.15, 0.2) is 42.1 Å². The molecule has 0 aromatic heterocycles. The Morgan fingerprint density at radius 1 is 1.23 bits per heavy atom. The molecule has 1 heterocycles. The van der Waals surface area contributed by atoms with Crippen LogP contribution >= 0.6 is 23.8 Å². The van der Waals surface area contributed by atoms with E-state index in [1.807, 2.05) is 43.3 Å². The SMILES string of the molecule is CCCCN1C(=O)/C(=C\c2ccc(OC)c(COc3ccc(Cl)c(C)c3)c2)NC1=S. The summed E-state index contributed by atoms with van der Waals surface area (Å²) < 4.78 is 11.4. The fourth-order valence-corrected chi connectivity index (χ4v) is 3.53. The maximum Gasteiger partial charge on any atom is 0.276 e. The zero-order valence-electron chi connectivity index (χ0n) is 17.3. The van der Waals surface area contributed by atoms with Crippen LogP contribution in [0.1, 0.15) is 36.5 Å². The van der Waals surface area contributed by atoms with Crippen molar-refractivity contribution in [3.05, 3.63) is 63.8 Å². The summed E-state index contributed by atoms with van der Waals surface area (Å²) in [4.78, 5) is 14.3. The number of unbranched alkanes of at least 4 members (excludes halogenated alkanes) is 1. The Labute approximate surface area is 187 Å². The minimum Gasteiger partial charge on any atom is -0.496 e. The Hall–Kier alpha value is -2.57. The zero-order chi connectivity index (χ0) is 21.7. The first-order valence-electron chi connectivity index (χ1n) is 9.83. The number of thiocarbonyl (C=S) groups is 1. The van der Waals surface area contributed by atoms with Gasteiger partial charge in [-0.15, -0.1) is 0 Å². The van der Waals surface area contributed by atoms with Crippen molar-refractivity contribution in [1.29, 1.82) is 0 Å². The van der Waals surface area contributed by atoms with E-state index < -0.39 is 0 Å². The summed E-state index contributed by atoms with van der Waals surface area (Å²) >= 11 is 11.4. The molecular weight excluding hydrogens is 420 g/mol. The fourth-order valence-electron chi connectivity index (χ4n) is 3.13. The lowest BCUT2D eigenvalue weighted by atomic mass is 10.1. The minimum atomic E-state index is -0.0984. The monoisotopic (exact) mass is 444 g/mol. The van der Waals surface area contributed by atoms with Crippen molar-refractivity contribution in [3.8, 4) is 11.5 Å². The number of ether oxygens (including phenoxy) is 2. The Morgan fingerprint density at radius 3 is 2.73 bits per heavy atom. The second kappa shape index (κ2) is 9.96. The quantitative estimate of drug-likeness (QED) is 0.453. The fraction of sp³-hybridized carbons (Fsp3) is 0.304. The molecule has 158 valence electrons. The van der Waals surface area contributed by atoms with Crippen LogP contribution in [0.3, 0.4) is 0 Å². The van der Waals surface area contributed by atoms with Crippen LogP contribution in [0.4, 0.5) is 0 Å². The lowest BCUT2D eigenvalue weighted by Crippen LogP contribution is -2.31. The van der Waals surface area contributed by atoms with E-state index in [4.69, 9.17) is 33.3 Å². The van der Waals surface area contributed by atoms with E-state index in [0.29, 0.717) is 34.7 Å². The van der Waals surface area contributed by atoms with E-state index in [9.17, 15) is 4.79 Å². The van der Waals surface area contributed by atoms with Crippen molar-refractivity contribution in [1.82, 2.24) is 10.2 Å². The Bertz CT molecular complexity index is 990. The second-order valence-corrected chi connectivity index (χ2v) is 7.86. The van der Waals surface area contributed by atoms with Gasteiger partial charge in [0.1, 0.15) is 23.8 Å². The molecule has 0 spiro atoms. The van der Waals surface area contributed by atoms with Crippen LogP contribution in [0.2, 0.25) is 5.02 Å². The third kappa shape index (κ3) is 5.12. The van der Waals surface area contributed by atoms with E-state index in [1.54, 1.807) is 18.1 Å². The van der Waals surface area contributed by atoms with Crippen molar-refractivity contribution >= 4 is 40.9 Å². The molecule has 7 heteroatoms. The van der Waals surface area contributed by atoms with Crippen LogP contribution in [-0.2, 0) is 11.4 Å². The molecule has 0 saturated carbocycles. The van der Waals surface area contributed by atoms with Crippen molar-refractivity contribution in [2.24, 2.45) is 0 Å². The van der Waals surface area contributed by atoms with Crippen molar-refractivity contribution in [2.45, 2.75) is 33.3 Å². The van der Waals surface area contributed by atoms with Gasteiger partial charge < -0.3 is 14.8 Å². The highest BCUT2D eigenvalue weighted by atomic mass is 35.5. The smallest absolute Gasteiger partial charge is 0.276 e. The van der Waals surface area contributed by atoms with Gasteiger partial charge in [0, 0.05) is 17.1 Å². The van der Waals surface area contributed by atoms with E-state index >= 15 is 0 Å². The molecule has 1 amide bonds. The molecule has 2 aromatic rings. The molecule has 1 N–H and O–H groups in total. The first-order valence-corrected chi connectivity index (χ1v) is 10.6. The van der Waals surface area contributed by atoms with E-state index in [2.05, 4.69) is 12.2 Å². The maximum atomic E-state index is 12.7. The van der Waals surface area contributed by atoms with Gasteiger partial charge in [-0.25, -0.2) is 0 Å². The summed E-state index contributed by atoms with van der Waals surface area (Å²) in [6.45, 7) is 4.97. The first kappa shape index (κ1) is 22.1. The number of nitrogens with zero attached hydrogens (tertiary/aromatic N) is 1. The lowest BCUT2D eigenvalue weighted by molar-refractivity contribution is -0.122. The number of nitrogens with one attached hydrogen (secondary N) is 1. The molecule has 0 atom stereocenters. The molecular formula is C23H25ClN2O3S. The van der Waals surface area contributed by atoms with Gasteiger partial charge in [0.05, 0.1) is 7.11 Å². The summed E-state index contributed by atoms with van der Waals surface area (Å²) in [6, 6.07) is 11.3. The van der Waals surface area contributed by atoms with Gasteiger partial charge in [-0.1, -0.05) is 31.0 Å². The Morgan fingerprint density at radius 2 is 2.03 bits per heavy atom. The number of rotatable bonds is 8. The molecule has 1 aliphatic heterocycles. The second-order valence-electron chi connectivity index (χ2n) is 7.07. The molecule has 2 aromatic carbocycles. The van der Waals surface area contributed by atoms with Gasteiger partial charge in [0.2, 0.25) is 0 Å². The molecule has 1 saturated heterocycles.